The molecule has 0 spiro atoms. The van der Waals surface area contributed by atoms with Crippen molar-refractivity contribution in [1.29, 1.82) is 0 Å². The molecule has 1 aromatic rings. The van der Waals surface area contributed by atoms with Crippen molar-refractivity contribution >= 4 is 27.2 Å². The lowest BCUT2D eigenvalue weighted by Crippen LogP contribution is -2.29. The molecule has 2 rings (SSSR count). The summed E-state index contributed by atoms with van der Waals surface area (Å²) in [4.78, 5) is 0.238. The van der Waals surface area contributed by atoms with E-state index in [1.54, 1.807) is 28.6 Å². The smallest absolute Gasteiger partial charge is 0.218 e. The number of hydrogen-bond donors (Lipinski definition) is 1. The molecule has 0 bridgehead atoms. The van der Waals surface area contributed by atoms with Gasteiger partial charge in [0.05, 0.1) is 5.75 Å². The van der Waals surface area contributed by atoms with Gasteiger partial charge in [0, 0.05) is 18.7 Å². The summed E-state index contributed by atoms with van der Waals surface area (Å²) in [5.74, 6) is -0.0273. The van der Waals surface area contributed by atoms with Crippen LogP contribution >= 0.6 is 12.2 Å². The zero-order valence-corrected chi connectivity index (χ0v) is 11.6. The Kier molecular flexibility index (Phi) is 3.99. The molecule has 1 aliphatic heterocycles. The second kappa shape index (κ2) is 5.34. The Morgan fingerprint density at radius 1 is 1.28 bits per heavy atom. The van der Waals surface area contributed by atoms with Crippen molar-refractivity contribution in [3.05, 3.63) is 35.4 Å². The van der Waals surface area contributed by atoms with E-state index in [1.807, 2.05) is 0 Å². The van der Waals surface area contributed by atoms with Crippen molar-refractivity contribution in [3.63, 3.8) is 0 Å². The lowest BCUT2D eigenvalue weighted by molar-refractivity contribution is 0.476. The number of rotatable bonds is 4. The fourth-order valence-corrected chi connectivity index (χ4v) is 3.98. The molecule has 0 aliphatic carbocycles. The lowest BCUT2D eigenvalue weighted by atomic mass is 10.1. The summed E-state index contributed by atoms with van der Waals surface area (Å²) < 4.78 is 26.0. The van der Waals surface area contributed by atoms with E-state index in [4.69, 9.17) is 18.0 Å². The van der Waals surface area contributed by atoms with Crippen LogP contribution in [0.15, 0.2) is 24.3 Å². The molecule has 6 heteroatoms. The Labute approximate surface area is 113 Å². The van der Waals surface area contributed by atoms with Gasteiger partial charge in [-0.3, -0.25) is 0 Å². The summed E-state index contributed by atoms with van der Waals surface area (Å²) in [7, 11) is -3.25. The minimum Gasteiger partial charge on any atom is -0.389 e. The predicted molar refractivity (Wildman–Crippen MR) is 75.8 cm³/mol. The van der Waals surface area contributed by atoms with Crippen molar-refractivity contribution in [2.75, 3.05) is 13.1 Å². The highest BCUT2D eigenvalue weighted by molar-refractivity contribution is 7.88. The topological polar surface area (TPSA) is 63.4 Å². The number of benzene rings is 1. The monoisotopic (exact) mass is 284 g/mol. The highest BCUT2D eigenvalue weighted by Crippen LogP contribution is 2.19. The second-order valence-corrected chi connectivity index (χ2v) is 6.79. The van der Waals surface area contributed by atoms with Gasteiger partial charge in [-0.25, -0.2) is 12.7 Å². The summed E-state index contributed by atoms with van der Waals surface area (Å²) in [5, 5.41) is 0. The molecule has 2 N–H and O–H groups in total. The van der Waals surface area contributed by atoms with Gasteiger partial charge in [0.25, 0.3) is 0 Å². The zero-order valence-electron chi connectivity index (χ0n) is 10.0. The Hall–Kier alpha value is -0.980. The van der Waals surface area contributed by atoms with Crippen LogP contribution in [0.2, 0.25) is 0 Å². The average Bonchev–Trinajstić information content (AvgIpc) is 2.83. The molecule has 0 saturated carbocycles. The van der Waals surface area contributed by atoms with E-state index >= 15 is 0 Å². The maximum absolute atomic E-state index is 12.2. The zero-order chi connectivity index (χ0) is 13.2. The number of nitrogens with two attached hydrogens (primary N) is 1. The highest BCUT2D eigenvalue weighted by atomic mass is 32.2. The van der Waals surface area contributed by atoms with E-state index in [0.717, 1.165) is 12.8 Å². The molecule has 0 amide bonds. The molecule has 18 heavy (non-hydrogen) atoms. The minimum absolute atomic E-state index is 0.0273. The summed E-state index contributed by atoms with van der Waals surface area (Å²) in [6, 6.07) is 7.14. The summed E-state index contributed by atoms with van der Waals surface area (Å²) in [6.45, 7) is 1.25. The molecule has 1 heterocycles. The molecule has 0 atom stereocenters. The Bertz CT molecular complexity index is 549. The average molecular weight is 284 g/mol. The first kappa shape index (κ1) is 13.5. The molecule has 1 aromatic carbocycles. The van der Waals surface area contributed by atoms with E-state index in [9.17, 15) is 8.42 Å². The summed E-state index contributed by atoms with van der Waals surface area (Å²) in [6.07, 6.45) is 1.88. The van der Waals surface area contributed by atoms with Gasteiger partial charge >= 0.3 is 0 Å². The van der Waals surface area contributed by atoms with Crippen LogP contribution in [0, 0.1) is 0 Å². The third-order valence-corrected chi connectivity index (χ3v) is 5.13. The third kappa shape index (κ3) is 2.88. The normalized spacial score (nSPS) is 16.9. The molecule has 1 saturated heterocycles. The SMILES string of the molecule is NC(=S)c1ccccc1CS(=O)(=O)N1CCCC1. The molecule has 0 radical (unpaired) electrons. The van der Waals surface area contributed by atoms with Crippen molar-refractivity contribution < 1.29 is 8.42 Å². The van der Waals surface area contributed by atoms with Gasteiger partial charge in [0.1, 0.15) is 4.99 Å². The van der Waals surface area contributed by atoms with Crippen LogP contribution in [0.1, 0.15) is 24.0 Å². The van der Waals surface area contributed by atoms with Crippen LogP contribution in [0.25, 0.3) is 0 Å². The van der Waals surface area contributed by atoms with Crippen molar-refractivity contribution in [1.82, 2.24) is 4.31 Å². The van der Waals surface area contributed by atoms with Gasteiger partial charge in [-0.15, -0.1) is 0 Å². The van der Waals surface area contributed by atoms with Crippen molar-refractivity contribution in [3.8, 4) is 0 Å². The Balaban J connectivity index is 2.26. The molecule has 0 unspecified atom stereocenters. The van der Waals surface area contributed by atoms with E-state index in [-0.39, 0.29) is 10.7 Å². The standard InChI is InChI=1S/C12H16N2O2S2/c13-12(17)11-6-2-1-5-10(11)9-18(15,16)14-7-3-4-8-14/h1-2,5-6H,3-4,7-9H2,(H2,13,17). The maximum Gasteiger partial charge on any atom is 0.218 e. The summed E-state index contributed by atoms with van der Waals surface area (Å²) >= 11 is 4.94. The summed E-state index contributed by atoms with van der Waals surface area (Å²) in [5.41, 5.74) is 6.94. The fourth-order valence-electron chi connectivity index (χ4n) is 2.14. The molecule has 98 valence electrons. The van der Waals surface area contributed by atoms with Crippen LogP contribution in [0.3, 0.4) is 0 Å². The third-order valence-electron chi connectivity index (χ3n) is 3.08. The molecule has 4 nitrogen and oxygen atoms in total. The molecular formula is C12H16N2O2S2. The quantitative estimate of drug-likeness (QED) is 0.845. The Morgan fingerprint density at radius 2 is 1.89 bits per heavy atom. The first-order chi connectivity index (χ1) is 8.50. The molecule has 0 aromatic heterocycles. The predicted octanol–water partition coefficient (Wildman–Crippen LogP) is 1.25. The van der Waals surface area contributed by atoms with Crippen molar-refractivity contribution in [2.45, 2.75) is 18.6 Å². The van der Waals surface area contributed by atoms with Gasteiger partial charge in [-0.05, 0) is 18.4 Å². The number of thiocarbonyl (C=S) groups is 1. The first-order valence-corrected chi connectivity index (χ1v) is 7.88. The van der Waals surface area contributed by atoms with Gasteiger partial charge in [0.15, 0.2) is 0 Å². The van der Waals surface area contributed by atoms with E-state index in [1.165, 1.54) is 0 Å². The van der Waals surface area contributed by atoms with Gasteiger partial charge < -0.3 is 5.73 Å². The van der Waals surface area contributed by atoms with Crippen LogP contribution in [-0.2, 0) is 15.8 Å². The van der Waals surface area contributed by atoms with E-state index < -0.39 is 10.0 Å². The van der Waals surface area contributed by atoms with Crippen LogP contribution in [-0.4, -0.2) is 30.8 Å². The second-order valence-electron chi connectivity index (χ2n) is 4.38. The maximum atomic E-state index is 12.2. The minimum atomic E-state index is -3.25. The van der Waals surface area contributed by atoms with Gasteiger partial charge in [-0.2, -0.15) is 0 Å². The molecule has 1 aliphatic rings. The van der Waals surface area contributed by atoms with Crippen LogP contribution in [0.4, 0.5) is 0 Å². The van der Waals surface area contributed by atoms with E-state index in [2.05, 4.69) is 0 Å². The lowest BCUT2D eigenvalue weighted by Gasteiger charge is -2.16. The van der Waals surface area contributed by atoms with Gasteiger partial charge in [0.2, 0.25) is 10.0 Å². The highest BCUT2D eigenvalue weighted by Gasteiger charge is 2.26. The van der Waals surface area contributed by atoms with Crippen LogP contribution < -0.4 is 5.73 Å². The van der Waals surface area contributed by atoms with E-state index in [0.29, 0.717) is 24.2 Å². The fraction of sp³-hybridized carbons (Fsp3) is 0.417. The number of hydrogen-bond acceptors (Lipinski definition) is 3. The largest absolute Gasteiger partial charge is 0.389 e. The number of nitrogens with zero attached hydrogens (tertiary/aromatic N) is 1. The van der Waals surface area contributed by atoms with Gasteiger partial charge in [-0.1, -0.05) is 36.5 Å². The first-order valence-electron chi connectivity index (χ1n) is 5.86. The molecular weight excluding hydrogens is 268 g/mol. The molecule has 1 fully saturated rings. The van der Waals surface area contributed by atoms with Crippen molar-refractivity contribution in [2.24, 2.45) is 5.73 Å². The van der Waals surface area contributed by atoms with Crippen LogP contribution in [0.5, 0.6) is 0 Å². The Morgan fingerprint density at radius 3 is 2.50 bits per heavy atom. The number of sulfonamides is 1.